The molecule has 0 saturated heterocycles. The van der Waals surface area contributed by atoms with Crippen molar-refractivity contribution in [1.82, 2.24) is 9.97 Å². The van der Waals surface area contributed by atoms with E-state index in [9.17, 15) is 10.1 Å². The average molecular weight is 254 g/mol. The third-order valence-corrected chi connectivity index (χ3v) is 2.79. The molecule has 0 aliphatic carbocycles. The smallest absolute Gasteiger partial charge is 0.287 e. The SMILES string of the molecule is O=[N+]([O-])c1ccc(Nc2ncc(S)s2)nc1. The van der Waals surface area contributed by atoms with Crippen LogP contribution in [0.25, 0.3) is 0 Å². The number of anilines is 2. The van der Waals surface area contributed by atoms with E-state index in [0.717, 1.165) is 4.21 Å². The fraction of sp³-hybridized carbons (Fsp3) is 0. The van der Waals surface area contributed by atoms with Crippen molar-refractivity contribution in [3.63, 3.8) is 0 Å². The summed E-state index contributed by atoms with van der Waals surface area (Å²) in [7, 11) is 0. The highest BCUT2D eigenvalue weighted by atomic mass is 32.2. The summed E-state index contributed by atoms with van der Waals surface area (Å²) in [5.41, 5.74) is -0.0421. The number of hydrogen-bond donors (Lipinski definition) is 2. The second-order valence-corrected chi connectivity index (χ2v) is 4.60. The molecular formula is C8H6N4O2S2. The minimum absolute atomic E-state index is 0.0421. The highest BCUT2D eigenvalue weighted by Gasteiger charge is 2.06. The van der Waals surface area contributed by atoms with Gasteiger partial charge in [-0.3, -0.25) is 10.1 Å². The second-order valence-electron chi connectivity index (χ2n) is 2.79. The van der Waals surface area contributed by atoms with Gasteiger partial charge in [0.2, 0.25) is 0 Å². The predicted molar refractivity (Wildman–Crippen MR) is 63.5 cm³/mol. The molecule has 0 aliphatic heterocycles. The van der Waals surface area contributed by atoms with E-state index in [1.807, 2.05) is 0 Å². The Balaban J connectivity index is 2.14. The molecule has 1 N–H and O–H groups in total. The molecule has 2 aromatic heterocycles. The van der Waals surface area contributed by atoms with Gasteiger partial charge in [-0.1, -0.05) is 11.3 Å². The van der Waals surface area contributed by atoms with Crippen molar-refractivity contribution in [1.29, 1.82) is 0 Å². The van der Waals surface area contributed by atoms with Crippen molar-refractivity contribution in [2.24, 2.45) is 0 Å². The number of pyridine rings is 1. The minimum atomic E-state index is -0.494. The summed E-state index contributed by atoms with van der Waals surface area (Å²) in [5.74, 6) is 0.508. The van der Waals surface area contributed by atoms with E-state index in [4.69, 9.17) is 0 Å². The summed E-state index contributed by atoms with van der Waals surface area (Å²) in [4.78, 5) is 17.8. The Kier molecular flexibility index (Phi) is 3.02. The Labute approximate surface area is 99.9 Å². The lowest BCUT2D eigenvalue weighted by atomic mass is 10.4. The normalized spacial score (nSPS) is 10.1. The molecule has 82 valence electrons. The van der Waals surface area contributed by atoms with E-state index < -0.39 is 4.92 Å². The maximum atomic E-state index is 10.4. The van der Waals surface area contributed by atoms with Gasteiger partial charge >= 0.3 is 0 Å². The van der Waals surface area contributed by atoms with E-state index in [-0.39, 0.29) is 5.69 Å². The molecule has 6 nitrogen and oxygen atoms in total. The molecule has 0 atom stereocenters. The van der Waals surface area contributed by atoms with Gasteiger partial charge < -0.3 is 5.32 Å². The molecule has 8 heteroatoms. The van der Waals surface area contributed by atoms with Crippen molar-refractivity contribution < 1.29 is 4.92 Å². The number of aromatic nitrogens is 2. The third kappa shape index (κ3) is 2.47. The van der Waals surface area contributed by atoms with Crippen molar-refractivity contribution in [2.75, 3.05) is 5.32 Å². The van der Waals surface area contributed by atoms with E-state index in [0.29, 0.717) is 10.9 Å². The van der Waals surface area contributed by atoms with Crippen LogP contribution in [0, 0.1) is 10.1 Å². The first-order chi connectivity index (χ1) is 7.65. The van der Waals surface area contributed by atoms with Crippen LogP contribution in [0.1, 0.15) is 0 Å². The van der Waals surface area contributed by atoms with Crippen molar-refractivity contribution in [2.45, 2.75) is 4.21 Å². The Hall–Kier alpha value is -1.67. The number of nitro groups is 1. The van der Waals surface area contributed by atoms with Crippen molar-refractivity contribution >= 4 is 40.6 Å². The lowest BCUT2D eigenvalue weighted by molar-refractivity contribution is -0.385. The highest BCUT2D eigenvalue weighted by molar-refractivity contribution is 7.83. The Bertz CT molecular complexity index is 511. The second kappa shape index (κ2) is 4.45. The van der Waals surface area contributed by atoms with Crippen molar-refractivity contribution in [3.05, 3.63) is 34.6 Å². The maximum Gasteiger partial charge on any atom is 0.287 e. The van der Waals surface area contributed by atoms with Crippen LogP contribution in [0.3, 0.4) is 0 Å². The van der Waals surface area contributed by atoms with E-state index >= 15 is 0 Å². The number of nitrogens with one attached hydrogen (secondary N) is 1. The number of hydrogen-bond acceptors (Lipinski definition) is 7. The van der Waals surface area contributed by atoms with Crippen LogP contribution in [-0.4, -0.2) is 14.9 Å². The van der Waals surface area contributed by atoms with Gasteiger partial charge in [-0.2, -0.15) is 0 Å². The average Bonchev–Trinajstić information content (AvgIpc) is 2.65. The summed E-state index contributed by atoms with van der Waals surface area (Å²) in [6.45, 7) is 0. The molecule has 2 rings (SSSR count). The maximum absolute atomic E-state index is 10.4. The van der Waals surface area contributed by atoms with E-state index in [1.54, 1.807) is 6.20 Å². The zero-order valence-electron chi connectivity index (χ0n) is 7.82. The van der Waals surface area contributed by atoms with Gasteiger partial charge in [0, 0.05) is 6.07 Å². The molecule has 2 aromatic rings. The van der Waals surface area contributed by atoms with Crippen LogP contribution in [0.5, 0.6) is 0 Å². The largest absolute Gasteiger partial charge is 0.316 e. The first-order valence-electron chi connectivity index (χ1n) is 4.17. The van der Waals surface area contributed by atoms with Crippen LogP contribution in [-0.2, 0) is 0 Å². The van der Waals surface area contributed by atoms with E-state index in [1.165, 1.54) is 29.7 Å². The topological polar surface area (TPSA) is 81.0 Å². The molecule has 0 aliphatic rings. The highest BCUT2D eigenvalue weighted by Crippen LogP contribution is 2.24. The van der Waals surface area contributed by atoms with Gasteiger partial charge in [0.25, 0.3) is 5.69 Å². The summed E-state index contributed by atoms with van der Waals surface area (Å²) in [5, 5.41) is 14.0. The third-order valence-electron chi connectivity index (χ3n) is 1.69. The van der Waals surface area contributed by atoms with Crippen LogP contribution in [0.4, 0.5) is 16.6 Å². The molecule has 0 radical (unpaired) electrons. The van der Waals surface area contributed by atoms with E-state index in [2.05, 4.69) is 27.9 Å². The molecule has 0 spiro atoms. The van der Waals surface area contributed by atoms with Crippen LogP contribution >= 0.6 is 24.0 Å². The van der Waals surface area contributed by atoms with Crippen LogP contribution < -0.4 is 5.32 Å². The van der Waals surface area contributed by atoms with Gasteiger partial charge in [-0.05, 0) is 6.07 Å². The molecule has 0 saturated carbocycles. The number of nitrogens with zero attached hydrogens (tertiary/aromatic N) is 3. The molecule has 0 aromatic carbocycles. The van der Waals surface area contributed by atoms with Crippen LogP contribution in [0.2, 0.25) is 0 Å². The molecule has 0 fully saturated rings. The van der Waals surface area contributed by atoms with Gasteiger partial charge in [0.1, 0.15) is 12.0 Å². The number of rotatable bonds is 3. The van der Waals surface area contributed by atoms with Gasteiger partial charge in [0.15, 0.2) is 5.13 Å². The fourth-order valence-corrected chi connectivity index (χ4v) is 1.88. The molecular weight excluding hydrogens is 248 g/mol. The Morgan fingerprint density at radius 1 is 1.38 bits per heavy atom. The molecule has 0 unspecified atom stereocenters. The molecule has 16 heavy (non-hydrogen) atoms. The first-order valence-corrected chi connectivity index (χ1v) is 5.44. The lowest BCUT2D eigenvalue weighted by Crippen LogP contribution is -1.94. The van der Waals surface area contributed by atoms with Gasteiger partial charge in [-0.25, -0.2) is 9.97 Å². The standard InChI is InChI=1S/C8H6N4O2S2/c13-12(14)5-1-2-6(9-3-5)11-8-10-4-7(15)16-8/h1-4,15H,(H,9,10,11). The Morgan fingerprint density at radius 2 is 2.19 bits per heavy atom. The predicted octanol–water partition coefficient (Wildman–Crippen LogP) is 2.48. The quantitative estimate of drug-likeness (QED) is 0.499. The Morgan fingerprint density at radius 3 is 2.69 bits per heavy atom. The molecule has 0 amide bonds. The molecule has 2 heterocycles. The van der Waals surface area contributed by atoms with Gasteiger partial charge in [-0.15, -0.1) is 12.6 Å². The number of thiazole rings is 1. The van der Waals surface area contributed by atoms with Crippen molar-refractivity contribution in [3.8, 4) is 0 Å². The monoisotopic (exact) mass is 254 g/mol. The fourth-order valence-electron chi connectivity index (χ4n) is 1.00. The summed E-state index contributed by atoms with van der Waals surface area (Å²) in [6, 6.07) is 2.91. The summed E-state index contributed by atoms with van der Waals surface area (Å²) < 4.78 is 0.782. The molecule has 0 bridgehead atoms. The summed E-state index contributed by atoms with van der Waals surface area (Å²) >= 11 is 5.48. The minimum Gasteiger partial charge on any atom is -0.316 e. The first kappa shape index (κ1) is 10.8. The number of thiol groups is 1. The lowest BCUT2D eigenvalue weighted by Gasteiger charge is -1.99. The van der Waals surface area contributed by atoms with Gasteiger partial charge in [0.05, 0.1) is 15.3 Å². The van der Waals surface area contributed by atoms with Crippen LogP contribution in [0.15, 0.2) is 28.7 Å². The zero-order valence-corrected chi connectivity index (χ0v) is 9.53. The zero-order chi connectivity index (χ0) is 11.5. The summed E-state index contributed by atoms with van der Waals surface area (Å²) in [6.07, 6.45) is 2.80.